The molecule has 19 heavy (non-hydrogen) atoms. The van der Waals surface area contributed by atoms with Gasteiger partial charge >= 0.3 is 0 Å². The lowest BCUT2D eigenvalue weighted by atomic mass is 10.2. The lowest BCUT2D eigenvalue weighted by Gasteiger charge is -2.24. The second kappa shape index (κ2) is 9.02. The summed E-state index contributed by atoms with van der Waals surface area (Å²) in [6.07, 6.45) is 1.06. The molecular weight excluding hydrogens is 286 g/mol. The summed E-state index contributed by atoms with van der Waals surface area (Å²) in [4.78, 5) is 16.7. The Morgan fingerprint density at radius 2 is 2.21 bits per heavy atom. The molecule has 5 nitrogen and oxygen atoms in total. The summed E-state index contributed by atoms with van der Waals surface area (Å²) in [6, 6.07) is 0.0422. The molecule has 0 saturated carbocycles. The maximum absolute atomic E-state index is 12.3. The molecule has 0 radical (unpaired) electrons. The summed E-state index contributed by atoms with van der Waals surface area (Å²) >= 11 is 1.81. The maximum Gasteiger partial charge on any atom is 0.240 e. The number of carbonyl (C=O) groups excluding carboxylic acids is 1. The second-order valence-electron chi connectivity index (χ2n) is 4.79. The first-order chi connectivity index (χ1) is 8.81. The Morgan fingerprint density at radius 1 is 1.37 bits per heavy atom. The quantitative estimate of drug-likeness (QED) is 0.807. The van der Waals surface area contributed by atoms with Gasteiger partial charge in [-0.2, -0.15) is 0 Å². The van der Waals surface area contributed by atoms with Crippen molar-refractivity contribution in [2.75, 3.05) is 58.1 Å². The highest BCUT2D eigenvalue weighted by Crippen LogP contribution is 2.13. The van der Waals surface area contributed by atoms with Crippen molar-refractivity contribution < 1.29 is 9.53 Å². The lowest BCUT2D eigenvalue weighted by molar-refractivity contribution is -0.132. The average Bonchev–Trinajstić information content (AvgIpc) is 2.82. The normalized spacial score (nSPS) is 24.9. The predicted molar refractivity (Wildman–Crippen MR) is 81.0 cm³/mol. The Balaban J connectivity index is 0.00000180. The predicted octanol–water partition coefficient (Wildman–Crippen LogP) is 0.251. The molecule has 0 spiro atoms. The first-order valence-electron chi connectivity index (χ1n) is 6.62. The average molecular weight is 310 g/mol. The van der Waals surface area contributed by atoms with E-state index >= 15 is 0 Å². The third-order valence-electron chi connectivity index (χ3n) is 3.53. The highest BCUT2D eigenvalue weighted by molar-refractivity contribution is 7.99. The van der Waals surface area contributed by atoms with Crippen LogP contribution in [0.25, 0.3) is 0 Å². The molecule has 2 heterocycles. The van der Waals surface area contributed by atoms with Gasteiger partial charge in [0.15, 0.2) is 0 Å². The van der Waals surface area contributed by atoms with E-state index in [1.54, 1.807) is 18.9 Å². The molecule has 7 heteroatoms. The number of carbonyl (C=O) groups is 1. The summed E-state index contributed by atoms with van der Waals surface area (Å²) in [5.74, 6) is 2.11. The fourth-order valence-electron chi connectivity index (χ4n) is 2.41. The minimum Gasteiger partial charge on any atom is -0.383 e. The number of rotatable bonds is 4. The van der Waals surface area contributed by atoms with E-state index in [0.29, 0.717) is 0 Å². The monoisotopic (exact) mass is 309 g/mol. The highest BCUT2D eigenvalue weighted by atomic mass is 35.5. The Hall–Kier alpha value is -0.0100. The van der Waals surface area contributed by atoms with Crippen LogP contribution in [-0.2, 0) is 9.53 Å². The van der Waals surface area contributed by atoms with E-state index < -0.39 is 0 Å². The second-order valence-corrected chi connectivity index (χ2v) is 5.82. The van der Waals surface area contributed by atoms with Gasteiger partial charge in [0.05, 0.1) is 12.6 Å². The molecule has 2 aliphatic rings. The fraction of sp³-hybridized carbons (Fsp3) is 0.917. The zero-order valence-electron chi connectivity index (χ0n) is 11.5. The molecule has 2 saturated heterocycles. The van der Waals surface area contributed by atoms with Crippen LogP contribution in [0, 0.1) is 0 Å². The van der Waals surface area contributed by atoms with E-state index in [0.717, 1.165) is 57.4 Å². The lowest BCUT2D eigenvalue weighted by Crippen LogP contribution is -2.46. The number of methoxy groups -OCH3 is 1. The number of hydrogen-bond donors (Lipinski definition) is 1. The van der Waals surface area contributed by atoms with E-state index in [1.807, 2.05) is 4.90 Å². The van der Waals surface area contributed by atoms with Crippen LogP contribution in [0.4, 0.5) is 0 Å². The van der Waals surface area contributed by atoms with Crippen molar-refractivity contribution in [3.05, 3.63) is 0 Å². The molecule has 0 bridgehead atoms. The highest BCUT2D eigenvalue weighted by Gasteiger charge is 2.28. The van der Waals surface area contributed by atoms with Crippen LogP contribution in [0.1, 0.15) is 6.42 Å². The smallest absolute Gasteiger partial charge is 0.240 e. The molecule has 2 aliphatic heterocycles. The Kier molecular flexibility index (Phi) is 8.09. The van der Waals surface area contributed by atoms with E-state index in [4.69, 9.17) is 4.74 Å². The summed E-state index contributed by atoms with van der Waals surface area (Å²) < 4.78 is 5.11. The molecule has 1 N–H and O–H groups in total. The third kappa shape index (κ3) is 5.11. The zero-order chi connectivity index (χ0) is 12.8. The van der Waals surface area contributed by atoms with Gasteiger partial charge in [-0.05, 0) is 13.0 Å². The minimum absolute atomic E-state index is 0. The first-order valence-corrected chi connectivity index (χ1v) is 7.78. The van der Waals surface area contributed by atoms with E-state index in [9.17, 15) is 4.79 Å². The summed E-state index contributed by atoms with van der Waals surface area (Å²) in [6.45, 7) is 5.52. The van der Waals surface area contributed by atoms with E-state index in [1.165, 1.54) is 0 Å². The molecule has 0 aromatic carbocycles. The van der Waals surface area contributed by atoms with Crippen LogP contribution in [0.3, 0.4) is 0 Å². The SMILES string of the molecule is COCCN1CCCN(C(=O)C2CSCN2)CC1.Cl. The van der Waals surface area contributed by atoms with Crippen LogP contribution < -0.4 is 5.32 Å². The summed E-state index contributed by atoms with van der Waals surface area (Å²) in [5, 5.41) is 3.26. The van der Waals surface area contributed by atoms with Crippen LogP contribution >= 0.6 is 24.2 Å². The van der Waals surface area contributed by atoms with Crippen molar-refractivity contribution in [2.24, 2.45) is 0 Å². The van der Waals surface area contributed by atoms with Crippen molar-refractivity contribution in [1.82, 2.24) is 15.1 Å². The first kappa shape index (κ1) is 17.0. The van der Waals surface area contributed by atoms with Crippen LogP contribution in [0.5, 0.6) is 0 Å². The number of amides is 1. The molecule has 2 rings (SSSR count). The van der Waals surface area contributed by atoms with Gasteiger partial charge in [-0.25, -0.2) is 0 Å². The third-order valence-corrected chi connectivity index (χ3v) is 4.47. The zero-order valence-corrected chi connectivity index (χ0v) is 13.1. The van der Waals surface area contributed by atoms with Gasteiger partial charge in [0.2, 0.25) is 5.91 Å². The van der Waals surface area contributed by atoms with Crippen molar-refractivity contribution in [1.29, 1.82) is 0 Å². The minimum atomic E-state index is 0. The molecule has 0 aromatic heterocycles. The van der Waals surface area contributed by atoms with Gasteiger partial charge in [0, 0.05) is 44.9 Å². The Labute approximate surface area is 125 Å². The van der Waals surface area contributed by atoms with E-state index in [-0.39, 0.29) is 24.4 Å². The summed E-state index contributed by atoms with van der Waals surface area (Å²) in [7, 11) is 1.73. The molecule has 0 aromatic rings. The maximum atomic E-state index is 12.3. The van der Waals surface area contributed by atoms with Gasteiger partial charge in [0.25, 0.3) is 0 Å². The van der Waals surface area contributed by atoms with Gasteiger partial charge in [-0.1, -0.05) is 0 Å². The van der Waals surface area contributed by atoms with Crippen molar-refractivity contribution in [3.8, 4) is 0 Å². The van der Waals surface area contributed by atoms with Gasteiger partial charge < -0.3 is 9.64 Å². The topological polar surface area (TPSA) is 44.8 Å². The van der Waals surface area contributed by atoms with E-state index in [2.05, 4.69) is 10.2 Å². The van der Waals surface area contributed by atoms with Crippen molar-refractivity contribution >= 4 is 30.1 Å². The molecule has 0 aliphatic carbocycles. The Bertz CT molecular complexity index is 278. The van der Waals surface area contributed by atoms with Gasteiger partial charge in [-0.15, -0.1) is 24.2 Å². The molecule has 1 amide bonds. The van der Waals surface area contributed by atoms with Crippen LogP contribution in [-0.4, -0.2) is 79.8 Å². The number of ether oxygens (including phenoxy) is 1. The molecule has 112 valence electrons. The summed E-state index contributed by atoms with van der Waals surface area (Å²) in [5.41, 5.74) is 0. The van der Waals surface area contributed by atoms with Crippen molar-refractivity contribution in [2.45, 2.75) is 12.5 Å². The number of hydrogen-bond acceptors (Lipinski definition) is 5. The largest absolute Gasteiger partial charge is 0.383 e. The van der Waals surface area contributed by atoms with Crippen LogP contribution in [0.15, 0.2) is 0 Å². The number of halogens is 1. The number of nitrogens with one attached hydrogen (secondary N) is 1. The standard InChI is InChI=1S/C12H23N3O2S.ClH/c1-17-8-7-14-3-2-4-15(6-5-14)12(16)11-9-18-10-13-11;/h11,13H,2-10H2,1H3;1H. The molecular formula is C12H24ClN3O2S. The molecule has 1 unspecified atom stereocenters. The number of thioether (sulfide) groups is 1. The number of nitrogens with zero attached hydrogens (tertiary/aromatic N) is 2. The fourth-order valence-corrected chi connectivity index (χ4v) is 3.34. The van der Waals surface area contributed by atoms with Gasteiger partial charge in [-0.3, -0.25) is 15.0 Å². The van der Waals surface area contributed by atoms with Gasteiger partial charge in [0.1, 0.15) is 0 Å². The molecule has 2 fully saturated rings. The van der Waals surface area contributed by atoms with Crippen LogP contribution in [0.2, 0.25) is 0 Å². The molecule has 1 atom stereocenters. The Morgan fingerprint density at radius 3 is 2.89 bits per heavy atom. The van der Waals surface area contributed by atoms with Crippen molar-refractivity contribution in [3.63, 3.8) is 0 Å².